The van der Waals surface area contributed by atoms with Gasteiger partial charge in [0.2, 0.25) is 0 Å². The van der Waals surface area contributed by atoms with Crippen LogP contribution in [-0.2, 0) is 4.79 Å². The molecule has 1 heterocycles. The predicted octanol–water partition coefficient (Wildman–Crippen LogP) is 5.69. The van der Waals surface area contributed by atoms with Gasteiger partial charge in [0.15, 0.2) is 0 Å². The zero-order valence-corrected chi connectivity index (χ0v) is 17.8. The van der Waals surface area contributed by atoms with E-state index in [0.29, 0.717) is 23.1 Å². The molecule has 0 aliphatic carbocycles. The zero-order valence-electron chi connectivity index (χ0n) is 17.1. The normalized spacial score (nSPS) is 11.1. The van der Waals surface area contributed by atoms with E-state index < -0.39 is 5.91 Å². The fourth-order valence-corrected chi connectivity index (χ4v) is 3.38. The van der Waals surface area contributed by atoms with Crippen LogP contribution in [0.2, 0.25) is 5.02 Å². The molecule has 3 aromatic rings. The highest BCUT2D eigenvalue weighted by Gasteiger charge is 2.14. The molecule has 1 aromatic heterocycles. The monoisotopic (exact) mass is 419 g/mol. The summed E-state index contributed by atoms with van der Waals surface area (Å²) in [7, 11) is 0. The second-order valence-electron chi connectivity index (χ2n) is 6.72. The molecule has 0 saturated carbocycles. The summed E-state index contributed by atoms with van der Waals surface area (Å²) in [5.41, 5.74) is 4.27. The first kappa shape index (κ1) is 21.2. The molecule has 0 bridgehead atoms. The molecule has 1 N–H and O–H groups in total. The van der Waals surface area contributed by atoms with Crippen LogP contribution >= 0.6 is 11.6 Å². The van der Waals surface area contributed by atoms with Gasteiger partial charge in [-0.2, -0.15) is 5.26 Å². The lowest BCUT2D eigenvalue weighted by atomic mass is 10.1. The van der Waals surface area contributed by atoms with Crippen LogP contribution in [0.5, 0.6) is 5.75 Å². The summed E-state index contributed by atoms with van der Waals surface area (Å²) in [5, 5.41) is 13.0. The molecule has 0 radical (unpaired) electrons. The average molecular weight is 420 g/mol. The maximum atomic E-state index is 12.7. The Kier molecular flexibility index (Phi) is 6.61. The van der Waals surface area contributed by atoms with Crippen molar-refractivity contribution in [2.75, 3.05) is 11.9 Å². The standard InChI is InChI=1S/C24H22ClN3O2/c1-4-30-23-7-5-6-21(14-23)27-24(29)19(15-26)13-18-12-16(2)28(17(18)3)22-10-8-20(25)9-11-22/h5-14H,4H2,1-3H3,(H,27,29). The lowest BCUT2D eigenvalue weighted by Gasteiger charge is -2.10. The molecule has 0 fully saturated rings. The van der Waals surface area contributed by atoms with Crippen LogP contribution in [0.25, 0.3) is 11.8 Å². The molecular weight excluding hydrogens is 398 g/mol. The predicted molar refractivity (Wildman–Crippen MR) is 120 cm³/mol. The molecular formula is C24H22ClN3O2. The van der Waals surface area contributed by atoms with Gasteiger partial charge in [-0.15, -0.1) is 0 Å². The molecule has 2 aromatic carbocycles. The Balaban J connectivity index is 1.88. The van der Waals surface area contributed by atoms with E-state index in [0.717, 1.165) is 22.6 Å². The lowest BCUT2D eigenvalue weighted by molar-refractivity contribution is -0.112. The van der Waals surface area contributed by atoms with Crippen molar-refractivity contribution in [1.29, 1.82) is 5.26 Å². The number of amides is 1. The molecule has 0 aliphatic heterocycles. The molecule has 1 amide bonds. The van der Waals surface area contributed by atoms with Gasteiger partial charge in [-0.3, -0.25) is 4.79 Å². The van der Waals surface area contributed by atoms with Gasteiger partial charge in [0.25, 0.3) is 5.91 Å². The summed E-state index contributed by atoms with van der Waals surface area (Å²) in [6, 6.07) is 18.5. The van der Waals surface area contributed by atoms with E-state index in [1.165, 1.54) is 0 Å². The fourth-order valence-electron chi connectivity index (χ4n) is 3.25. The quantitative estimate of drug-likeness (QED) is 0.412. The van der Waals surface area contributed by atoms with Crippen LogP contribution in [0, 0.1) is 25.2 Å². The SMILES string of the molecule is CCOc1cccc(NC(=O)C(C#N)=Cc2cc(C)n(-c3ccc(Cl)cc3)c2C)c1. The first-order chi connectivity index (χ1) is 14.4. The Hall–Kier alpha value is -3.49. The Morgan fingerprint density at radius 2 is 1.93 bits per heavy atom. The minimum Gasteiger partial charge on any atom is -0.494 e. The lowest BCUT2D eigenvalue weighted by Crippen LogP contribution is -2.13. The highest BCUT2D eigenvalue weighted by Crippen LogP contribution is 2.24. The molecule has 0 saturated heterocycles. The van der Waals surface area contributed by atoms with Crippen LogP contribution in [0.4, 0.5) is 5.69 Å². The van der Waals surface area contributed by atoms with Crippen LogP contribution in [-0.4, -0.2) is 17.1 Å². The number of aromatic nitrogens is 1. The smallest absolute Gasteiger partial charge is 0.266 e. The molecule has 0 atom stereocenters. The second-order valence-corrected chi connectivity index (χ2v) is 7.16. The van der Waals surface area contributed by atoms with Crippen LogP contribution in [0.15, 0.2) is 60.2 Å². The van der Waals surface area contributed by atoms with Crippen molar-refractivity contribution in [1.82, 2.24) is 4.57 Å². The third-order valence-electron chi connectivity index (χ3n) is 4.62. The van der Waals surface area contributed by atoms with E-state index in [9.17, 15) is 10.1 Å². The first-order valence-electron chi connectivity index (χ1n) is 9.53. The highest BCUT2D eigenvalue weighted by atomic mass is 35.5. The number of ether oxygens (including phenoxy) is 1. The fraction of sp³-hybridized carbons (Fsp3) is 0.167. The van der Waals surface area contributed by atoms with Crippen molar-refractivity contribution >= 4 is 29.3 Å². The third kappa shape index (κ3) is 4.73. The van der Waals surface area contributed by atoms with Crippen molar-refractivity contribution in [2.45, 2.75) is 20.8 Å². The number of aryl methyl sites for hydroxylation is 1. The topological polar surface area (TPSA) is 67.0 Å². The first-order valence-corrected chi connectivity index (χ1v) is 9.91. The summed E-state index contributed by atoms with van der Waals surface area (Å²) in [4.78, 5) is 12.7. The van der Waals surface area contributed by atoms with Gasteiger partial charge in [0, 0.05) is 33.9 Å². The number of anilines is 1. The Bertz CT molecular complexity index is 1140. The van der Waals surface area contributed by atoms with E-state index in [4.69, 9.17) is 16.3 Å². The maximum Gasteiger partial charge on any atom is 0.266 e. The number of hydrogen-bond acceptors (Lipinski definition) is 3. The number of halogens is 1. The largest absolute Gasteiger partial charge is 0.494 e. The van der Waals surface area contributed by atoms with Crippen molar-refractivity contribution < 1.29 is 9.53 Å². The Morgan fingerprint density at radius 1 is 1.20 bits per heavy atom. The number of carbonyl (C=O) groups excluding carboxylic acids is 1. The number of hydrogen-bond donors (Lipinski definition) is 1. The Morgan fingerprint density at radius 3 is 2.60 bits per heavy atom. The molecule has 0 aliphatic rings. The van der Waals surface area contributed by atoms with Gasteiger partial charge < -0.3 is 14.6 Å². The van der Waals surface area contributed by atoms with E-state index in [-0.39, 0.29) is 5.57 Å². The molecule has 0 unspecified atom stereocenters. The van der Waals surface area contributed by atoms with Crippen LogP contribution < -0.4 is 10.1 Å². The molecule has 152 valence electrons. The summed E-state index contributed by atoms with van der Waals surface area (Å²) in [5.74, 6) is 0.187. The molecule has 30 heavy (non-hydrogen) atoms. The van der Waals surface area contributed by atoms with E-state index >= 15 is 0 Å². The van der Waals surface area contributed by atoms with Gasteiger partial charge in [0.05, 0.1) is 6.61 Å². The van der Waals surface area contributed by atoms with Gasteiger partial charge in [0.1, 0.15) is 17.4 Å². The molecule has 5 nitrogen and oxygen atoms in total. The number of nitriles is 1. The molecule has 6 heteroatoms. The van der Waals surface area contributed by atoms with Gasteiger partial charge in [-0.25, -0.2) is 0 Å². The van der Waals surface area contributed by atoms with Crippen molar-refractivity contribution in [3.63, 3.8) is 0 Å². The van der Waals surface area contributed by atoms with Crippen molar-refractivity contribution in [2.24, 2.45) is 0 Å². The highest BCUT2D eigenvalue weighted by molar-refractivity contribution is 6.30. The van der Waals surface area contributed by atoms with E-state index in [2.05, 4.69) is 9.88 Å². The molecule has 0 spiro atoms. The minimum atomic E-state index is -0.470. The number of nitrogens with zero attached hydrogens (tertiary/aromatic N) is 2. The van der Waals surface area contributed by atoms with Gasteiger partial charge >= 0.3 is 0 Å². The summed E-state index contributed by atoms with van der Waals surface area (Å²) in [6.07, 6.45) is 1.61. The number of carbonyl (C=O) groups is 1. The number of rotatable bonds is 6. The van der Waals surface area contributed by atoms with Crippen molar-refractivity contribution in [3.05, 3.63) is 82.1 Å². The van der Waals surface area contributed by atoms with Crippen LogP contribution in [0.1, 0.15) is 23.9 Å². The molecule has 3 rings (SSSR count). The maximum absolute atomic E-state index is 12.7. The third-order valence-corrected chi connectivity index (χ3v) is 4.87. The van der Waals surface area contributed by atoms with Crippen LogP contribution in [0.3, 0.4) is 0 Å². The summed E-state index contributed by atoms with van der Waals surface area (Å²) in [6.45, 7) is 6.35. The van der Waals surface area contributed by atoms with Gasteiger partial charge in [-0.1, -0.05) is 17.7 Å². The van der Waals surface area contributed by atoms with E-state index in [1.807, 2.05) is 63.2 Å². The summed E-state index contributed by atoms with van der Waals surface area (Å²) >= 11 is 5.99. The Labute approximate surface area is 181 Å². The van der Waals surface area contributed by atoms with Gasteiger partial charge in [-0.05, 0) is 74.9 Å². The summed E-state index contributed by atoms with van der Waals surface area (Å²) < 4.78 is 7.51. The number of nitrogens with one attached hydrogen (secondary N) is 1. The van der Waals surface area contributed by atoms with E-state index in [1.54, 1.807) is 24.3 Å². The average Bonchev–Trinajstić information content (AvgIpc) is 3.00. The number of benzene rings is 2. The van der Waals surface area contributed by atoms with Crippen molar-refractivity contribution in [3.8, 4) is 17.5 Å². The second kappa shape index (κ2) is 9.34. The minimum absolute atomic E-state index is 0.0215. The zero-order chi connectivity index (χ0) is 21.7.